The second-order valence-corrected chi connectivity index (χ2v) is 8.52. The number of benzene rings is 3. The minimum atomic E-state index is -0.375. The molecule has 36 heavy (non-hydrogen) atoms. The molecule has 0 aliphatic rings. The topological polar surface area (TPSA) is 86.6 Å². The number of nitrogens with one attached hydrogen (secondary N) is 1. The Balaban J connectivity index is 1.71. The number of hydrogen-bond donors (Lipinski definition) is 1. The second-order valence-electron chi connectivity index (χ2n) is 8.52. The predicted octanol–water partition coefficient (Wildman–Crippen LogP) is 4.76. The molecule has 4 aromatic rings. The summed E-state index contributed by atoms with van der Waals surface area (Å²) in [5.41, 5.74) is 3.20. The van der Waals surface area contributed by atoms with Crippen molar-refractivity contribution < 1.29 is 19.1 Å². The molecule has 7 nitrogen and oxygen atoms in total. The summed E-state index contributed by atoms with van der Waals surface area (Å²) in [7, 11) is 3.06. The molecule has 1 N–H and O–H groups in total. The number of fused-ring (bicyclic) bond motifs is 1. The summed E-state index contributed by atoms with van der Waals surface area (Å²) in [6.45, 7) is 3.82. The van der Waals surface area contributed by atoms with E-state index in [-0.39, 0.29) is 29.2 Å². The van der Waals surface area contributed by atoms with Crippen LogP contribution in [-0.4, -0.2) is 30.5 Å². The Morgan fingerprint density at radius 3 is 2.31 bits per heavy atom. The van der Waals surface area contributed by atoms with E-state index in [0.29, 0.717) is 33.7 Å². The van der Waals surface area contributed by atoms with Gasteiger partial charge in [-0.3, -0.25) is 14.4 Å². The van der Waals surface area contributed by atoms with Crippen LogP contribution in [-0.2, 0) is 17.8 Å². The Hall–Kier alpha value is -4.39. The van der Waals surface area contributed by atoms with Crippen molar-refractivity contribution in [1.82, 2.24) is 4.57 Å². The fourth-order valence-corrected chi connectivity index (χ4v) is 4.12. The number of carbonyl (C=O) groups is 2. The number of methoxy groups -OCH3 is 2. The number of amides is 1. The van der Waals surface area contributed by atoms with Gasteiger partial charge in [0, 0.05) is 28.9 Å². The van der Waals surface area contributed by atoms with E-state index in [9.17, 15) is 14.4 Å². The Morgan fingerprint density at radius 1 is 0.917 bits per heavy atom. The van der Waals surface area contributed by atoms with Gasteiger partial charge < -0.3 is 19.4 Å². The van der Waals surface area contributed by atoms with Gasteiger partial charge in [0.25, 0.3) is 0 Å². The highest BCUT2D eigenvalue weighted by molar-refractivity contribution is 6.10. The van der Waals surface area contributed by atoms with Gasteiger partial charge in [-0.2, -0.15) is 0 Å². The van der Waals surface area contributed by atoms with Gasteiger partial charge in [-0.15, -0.1) is 0 Å². The molecule has 0 saturated heterocycles. The fraction of sp³-hybridized carbons (Fsp3) is 0.207. The molecule has 184 valence electrons. The van der Waals surface area contributed by atoms with Crippen LogP contribution >= 0.6 is 0 Å². The van der Waals surface area contributed by atoms with Crippen LogP contribution in [0.1, 0.15) is 34.0 Å². The number of ether oxygens (including phenoxy) is 2. The van der Waals surface area contributed by atoms with Crippen LogP contribution in [0.2, 0.25) is 0 Å². The number of rotatable bonds is 8. The van der Waals surface area contributed by atoms with Gasteiger partial charge in [0.15, 0.2) is 17.3 Å². The molecular weight excluding hydrogens is 456 g/mol. The largest absolute Gasteiger partial charge is 0.493 e. The molecule has 7 heteroatoms. The van der Waals surface area contributed by atoms with Gasteiger partial charge in [-0.05, 0) is 43.2 Å². The van der Waals surface area contributed by atoms with Crippen molar-refractivity contribution in [2.24, 2.45) is 0 Å². The first-order chi connectivity index (χ1) is 17.3. The molecule has 0 fully saturated rings. The van der Waals surface area contributed by atoms with Crippen LogP contribution in [0, 0.1) is 6.92 Å². The number of ketones is 1. The molecule has 0 radical (unpaired) electrons. The molecule has 0 saturated carbocycles. The molecule has 0 aliphatic carbocycles. The van der Waals surface area contributed by atoms with E-state index in [4.69, 9.17) is 9.47 Å². The standard InChI is InChI=1S/C29H28N2O5/c1-5-19-7-9-20(10-8-19)28(33)23-16-31(24-12-6-18(2)14-22(24)29(23)34)17-27(32)30-21-11-13-25(35-3)26(15-21)36-4/h6-16H,5,17H2,1-4H3,(H,30,32). The minimum Gasteiger partial charge on any atom is -0.493 e. The second kappa shape index (κ2) is 10.5. The summed E-state index contributed by atoms with van der Waals surface area (Å²) < 4.78 is 12.2. The van der Waals surface area contributed by atoms with Crippen LogP contribution in [0.3, 0.4) is 0 Å². The van der Waals surface area contributed by atoms with Crippen molar-refractivity contribution in [3.63, 3.8) is 0 Å². The molecule has 0 aliphatic heterocycles. The normalized spacial score (nSPS) is 10.8. The molecule has 4 rings (SSSR count). The minimum absolute atomic E-state index is 0.0243. The molecule has 0 spiro atoms. The van der Waals surface area contributed by atoms with E-state index in [0.717, 1.165) is 17.5 Å². The molecule has 0 unspecified atom stereocenters. The summed E-state index contributed by atoms with van der Waals surface area (Å²) in [5, 5.41) is 3.24. The molecule has 0 bridgehead atoms. The van der Waals surface area contributed by atoms with Crippen LogP contribution in [0.4, 0.5) is 5.69 Å². The lowest BCUT2D eigenvalue weighted by molar-refractivity contribution is -0.116. The number of anilines is 1. The predicted molar refractivity (Wildman–Crippen MR) is 140 cm³/mol. The van der Waals surface area contributed by atoms with Crippen LogP contribution < -0.4 is 20.2 Å². The van der Waals surface area contributed by atoms with Crippen molar-refractivity contribution in [2.75, 3.05) is 19.5 Å². The number of hydrogen-bond acceptors (Lipinski definition) is 5. The number of nitrogens with zero attached hydrogens (tertiary/aromatic N) is 1. The summed E-state index contributed by atoms with van der Waals surface area (Å²) in [4.78, 5) is 39.6. The molecule has 1 amide bonds. The number of aryl methyl sites for hydroxylation is 2. The lowest BCUT2D eigenvalue weighted by Gasteiger charge is -2.15. The zero-order valence-electron chi connectivity index (χ0n) is 20.8. The third kappa shape index (κ3) is 5.00. The van der Waals surface area contributed by atoms with E-state index in [1.165, 1.54) is 20.4 Å². The lowest BCUT2D eigenvalue weighted by Crippen LogP contribution is -2.24. The van der Waals surface area contributed by atoms with Crippen LogP contribution in [0.25, 0.3) is 10.9 Å². The van der Waals surface area contributed by atoms with Crippen molar-refractivity contribution in [3.05, 3.63) is 99.3 Å². The average Bonchev–Trinajstić information content (AvgIpc) is 2.89. The molecule has 0 atom stereocenters. The Kier molecular flexibility index (Phi) is 7.20. The van der Waals surface area contributed by atoms with E-state index in [2.05, 4.69) is 5.32 Å². The first-order valence-corrected chi connectivity index (χ1v) is 11.6. The van der Waals surface area contributed by atoms with E-state index in [1.54, 1.807) is 47.0 Å². The highest BCUT2D eigenvalue weighted by Crippen LogP contribution is 2.29. The van der Waals surface area contributed by atoms with E-state index < -0.39 is 0 Å². The summed E-state index contributed by atoms with van der Waals surface area (Å²) in [6.07, 6.45) is 2.33. The quantitative estimate of drug-likeness (QED) is 0.365. The zero-order valence-corrected chi connectivity index (χ0v) is 20.8. The maximum atomic E-state index is 13.3. The van der Waals surface area contributed by atoms with Crippen LogP contribution in [0.5, 0.6) is 11.5 Å². The van der Waals surface area contributed by atoms with Crippen molar-refractivity contribution >= 4 is 28.3 Å². The van der Waals surface area contributed by atoms with Gasteiger partial charge in [-0.1, -0.05) is 42.8 Å². The maximum Gasteiger partial charge on any atom is 0.244 e. The van der Waals surface area contributed by atoms with Gasteiger partial charge in [0.05, 0.1) is 25.3 Å². The summed E-state index contributed by atoms with van der Waals surface area (Å²) >= 11 is 0. The molecule has 1 aromatic heterocycles. The number of aromatic nitrogens is 1. The Bertz CT molecular complexity index is 1500. The van der Waals surface area contributed by atoms with Gasteiger partial charge in [0.2, 0.25) is 11.3 Å². The number of carbonyl (C=O) groups excluding carboxylic acids is 2. The smallest absolute Gasteiger partial charge is 0.244 e. The van der Waals surface area contributed by atoms with Crippen molar-refractivity contribution in [3.8, 4) is 11.5 Å². The van der Waals surface area contributed by atoms with Gasteiger partial charge in [0.1, 0.15) is 6.54 Å². The molecule has 3 aromatic carbocycles. The van der Waals surface area contributed by atoms with E-state index in [1.807, 2.05) is 32.0 Å². The fourth-order valence-electron chi connectivity index (χ4n) is 4.12. The third-order valence-corrected chi connectivity index (χ3v) is 6.09. The van der Waals surface area contributed by atoms with Gasteiger partial charge >= 0.3 is 0 Å². The van der Waals surface area contributed by atoms with E-state index >= 15 is 0 Å². The summed E-state index contributed by atoms with van der Waals surface area (Å²) in [6, 6.07) is 17.7. The highest BCUT2D eigenvalue weighted by Gasteiger charge is 2.19. The monoisotopic (exact) mass is 484 g/mol. The Labute approximate surface area is 209 Å². The first kappa shape index (κ1) is 24.7. The average molecular weight is 485 g/mol. The number of pyridine rings is 1. The first-order valence-electron chi connectivity index (χ1n) is 11.6. The molecular formula is C29H28N2O5. The lowest BCUT2D eigenvalue weighted by atomic mass is 10.00. The SMILES string of the molecule is CCc1ccc(C(=O)c2cn(CC(=O)Nc3ccc(OC)c(OC)c3)c3ccc(C)cc3c2=O)cc1. The summed E-state index contributed by atoms with van der Waals surface area (Å²) in [5.74, 6) is 0.340. The molecule has 1 heterocycles. The van der Waals surface area contributed by atoms with Crippen molar-refractivity contribution in [2.45, 2.75) is 26.8 Å². The van der Waals surface area contributed by atoms with Gasteiger partial charge in [-0.25, -0.2) is 0 Å². The van der Waals surface area contributed by atoms with Crippen LogP contribution in [0.15, 0.2) is 71.7 Å². The highest BCUT2D eigenvalue weighted by atomic mass is 16.5. The van der Waals surface area contributed by atoms with Crippen molar-refractivity contribution in [1.29, 1.82) is 0 Å². The zero-order chi connectivity index (χ0) is 25.8. The Morgan fingerprint density at radius 2 is 1.64 bits per heavy atom. The third-order valence-electron chi connectivity index (χ3n) is 6.09. The maximum absolute atomic E-state index is 13.3.